The monoisotopic (exact) mass is 258 g/mol. The highest BCUT2D eigenvalue weighted by Gasteiger charge is 2.34. The van der Waals surface area contributed by atoms with Crippen LogP contribution >= 0.6 is 0 Å². The summed E-state index contributed by atoms with van der Waals surface area (Å²) in [5, 5.41) is 3.94. The quantitative estimate of drug-likeness (QED) is 0.892. The largest absolute Gasteiger partial charge is 0.307 e. The van der Waals surface area contributed by atoms with Crippen molar-refractivity contribution in [3.05, 3.63) is 35.4 Å². The molecule has 0 aliphatic carbocycles. The van der Waals surface area contributed by atoms with Gasteiger partial charge in [0.05, 0.1) is 0 Å². The first-order valence-electron chi connectivity index (χ1n) is 7.81. The molecule has 1 N–H and O–H groups in total. The summed E-state index contributed by atoms with van der Waals surface area (Å²) in [4.78, 5) is 2.62. The molecule has 2 aliphatic heterocycles. The number of nitrogens with one attached hydrogen (secondary N) is 1. The average molecular weight is 258 g/mol. The van der Waals surface area contributed by atoms with Crippen LogP contribution in [0.3, 0.4) is 0 Å². The van der Waals surface area contributed by atoms with Crippen LogP contribution in [0.4, 0.5) is 0 Å². The zero-order valence-electron chi connectivity index (χ0n) is 12.2. The number of nitrogens with zero attached hydrogens (tertiary/aromatic N) is 1. The normalized spacial score (nSPS) is 31.4. The molecule has 0 spiro atoms. The molecule has 0 amide bonds. The molecule has 0 saturated carbocycles. The zero-order valence-corrected chi connectivity index (χ0v) is 12.2. The number of fused-ring (bicyclic) bond motifs is 2. The van der Waals surface area contributed by atoms with Gasteiger partial charge in [-0.05, 0) is 50.8 Å². The van der Waals surface area contributed by atoms with Gasteiger partial charge in [0.15, 0.2) is 0 Å². The Morgan fingerprint density at radius 2 is 1.95 bits per heavy atom. The standard InChI is InChI=1S/C17H26N2/c1-3-16(14-6-4-13(2)5-7-14)18-17-9-11-19-10-8-15(17)12-19/h4-7,15-18H,3,8-12H2,1-2H3. The second-order valence-electron chi connectivity index (χ2n) is 6.28. The van der Waals surface area contributed by atoms with E-state index < -0.39 is 0 Å². The summed E-state index contributed by atoms with van der Waals surface area (Å²) in [6.07, 6.45) is 3.89. The summed E-state index contributed by atoms with van der Waals surface area (Å²) in [6, 6.07) is 10.3. The molecule has 2 fully saturated rings. The van der Waals surface area contributed by atoms with E-state index in [1.165, 1.54) is 50.0 Å². The minimum atomic E-state index is 0.526. The molecular formula is C17H26N2. The van der Waals surface area contributed by atoms with E-state index in [4.69, 9.17) is 0 Å². The van der Waals surface area contributed by atoms with E-state index in [1.807, 2.05) is 0 Å². The highest BCUT2D eigenvalue weighted by molar-refractivity contribution is 5.24. The lowest BCUT2D eigenvalue weighted by Crippen LogP contribution is -2.45. The molecule has 4 unspecified atom stereocenters. The van der Waals surface area contributed by atoms with E-state index in [2.05, 4.69) is 48.3 Å². The van der Waals surface area contributed by atoms with Crippen LogP contribution in [0, 0.1) is 12.8 Å². The molecule has 2 saturated heterocycles. The number of hydrogen-bond acceptors (Lipinski definition) is 2. The second-order valence-corrected chi connectivity index (χ2v) is 6.28. The van der Waals surface area contributed by atoms with Gasteiger partial charge >= 0.3 is 0 Å². The smallest absolute Gasteiger partial charge is 0.0320 e. The van der Waals surface area contributed by atoms with Gasteiger partial charge in [-0.2, -0.15) is 0 Å². The number of rotatable bonds is 4. The van der Waals surface area contributed by atoms with Crippen LogP contribution in [-0.4, -0.2) is 30.6 Å². The van der Waals surface area contributed by atoms with Crippen molar-refractivity contribution in [1.82, 2.24) is 10.2 Å². The van der Waals surface area contributed by atoms with Crippen LogP contribution in [0.2, 0.25) is 0 Å². The summed E-state index contributed by atoms with van der Waals surface area (Å²) in [5.41, 5.74) is 2.80. The first-order chi connectivity index (χ1) is 9.26. The fourth-order valence-electron chi connectivity index (χ4n) is 3.68. The zero-order chi connectivity index (χ0) is 13.2. The van der Waals surface area contributed by atoms with Gasteiger partial charge in [-0.1, -0.05) is 36.8 Å². The van der Waals surface area contributed by atoms with Crippen molar-refractivity contribution in [3.63, 3.8) is 0 Å². The molecule has 2 nitrogen and oxygen atoms in total. The van der Waals surface area contributed by atoms with Crippen LogP contribution in [0.5, 0.6) is 0 Å². The lowest BCUT2D eigenvalue weighted by molar-refractivity contribution is 0.208. The van der Waals surface area contributed by atoms with Gasteiger partial charge in [-0.25, -0.2) is 0 Å². The number of piperidine rings is 1. The van der Waals surface area contributed by atoms with Crippen molar-refractivity contribution in [2.75, 3.05) is 19.6 Å². The fraction of sp³-hybridized carbons (Fsp3) is 0.647. The Kier molecular flexibility index (Phi) is 3.90. The predicted octanol–water partition coefficient (Wildman–Crippen LogP) is 3.13. The molecule has 4 atom stereocenters. The minimum Gasteiger partial charge on any atom is -0.307 e. The van der Waals surface area contributed by atoms with Gasteiger partial charge in [0, 0.05) is 18.6 Å². The summed E-state index contributed by atoms with van der Waals surface area (Å²) < 4.78 is 0. The van der Waals surface area contributed by atoms with E-state index in [9.17, 15) is 0 Å². The Hall–Kier alpha value is -0.860. The van der Waals surface area contributed by atoms with Crippen molar-refractivity contribution < 1.29 is 0 Å². The molecule has 0 aromatic heterocycles. The number of aryl methyl sites for hydroxylation is 1. The predicted molar refractivity (Wildman–Crippen MR) is 80.3 cm³/mol. The van der Waals surface area contributed by atoms with Crippen LogP contribution in [0.1, 0.15) is 43.4 Å². The van der Waals surface area contributed by atoms with Crippen LogP contribution in [-0.2, 0) is 0 Å². The molecule has 19 heavy (non-hydrogen) atoms. The molecule has 2 bridgehead atoms. The Balaban J connectivity index is 1.67. The van der Waals surface area contributed by atoms with E-state index >= 15 is 0 Å². The van der Waals surface area contributed by atoms with Gasteiger partial charge in [0.25, 0.3) is 0 Å². The van der Waals surface area contributed by atoms with Crippen molar-refractivity contribution in [2.24, 2.45) is 5.92 Å². The van der Waals surface area contributed by atoms with Gasteiger partial charge in [0.2, 0.25) is 0 Å². The molecule has 0 radical (unpaired) electrons. The first kappa shape index (κ1) is 13.1. The van der Waals surface area contributed by atoms with Gasteiger partial charge in [-0.3, -0.25) is 0 Å². The summed E-state index contributed by atoms with van der Waals surface area (Å²) >= 11 is 0. The molecule has 2 heterocycles. The van der Waals surface area contributed by atoms with Crippen molar-refractivity contribution in [2.45, 2.75) is 45.2 Å². The number of benzene rings is 1. The van der Waals surface area contributed by atoms with Crippen LogP contribution in [0.25, 0.3) is 0 Å². The maximum atomic E-state index is 3.94. The SMILES string of the molecule is CCC(NC1CCN2CCC1C2)c1ccc(C)cc1. The Morgan fingerprint density at radius 1 is 1.21 bits per heavy atom. The summed E-state index contributed by atoms with van der Waals surface area (Å²) in [6.45, 7) is 8.39. The van der Waals surface area contributed by atoms with Gasteiger partial charge in [0.1, 0.15) is 0 Å². The third-order valence-electron chi connectivity index (χ3n) is 4.94. The Bertz CT molecular complexity index is 412. The lowest BCUT2D eigenvalue weighted by Gasteiger charge is -2.34. The average Bonchev–Trinajstić information content (AvgIpc) is 2.82. The topological polar surface area (TPSA) is 15.3 Å². The first-order valence-corrected chi connectivity index (χ1v) is 7.81. The van der Waals surface area contributed by atoms with Crippen LogP contribution < -0.4 is 5.32 Å². The van der Waals surface area contributed by atoms with Crippen LogP contribution in [0.15, 0.2) is 24.3 Å². The van der Waals surface area contributed by atoms with Crippen molar-refractivity contribution in [3.8, 4) is 0 Å². The maximum Gasteiger partial charge on any atom is 0.0320 e. The third kappa shape index (κ3) is 2.85. The molecule has 3 rings (SSSR count). The molecule has 2 heteroatoms. The minimum absolute atomic E-state index is 0.526. The van der Waals surface area contributed by atoms with Gasteiger partial charge in [-0.15, -0.1) is 0 Å². The Morgan fingerprint density at radius 3 is 2.68 bits per heavy atom. The van der Waals surface area contributed by atoms with E-state index in [0.717, 1.165) is 12.0 Å². The summed E-state index contributed by atoms with van der Waals surface area (Å²) in [7, 11) is 0. The molecule has 104 valence electrons. The van der Waals surface area contributed by atoms with Gasteiger partial charge < -0.3 is 10.2 Å². The van der Waals surface area contributed by atoms with E-state index in [-0.39, 0.29) is 0 Å². The lowest BCUT2D eigenvalue weighted by atomic mass is 9.92. The third-order valence-corrected chi connectivity index (χ3v) is 4.94. The molecule has 1 aromatic carbocycles. The number of hydrogen-bond donors (Lipinski definition) is 1. The highest BCUT2D eigenvalue weighted by atomic mass is 15.2. The van der Waals surface area contributed by atoms with E-state index in [1.54, 1.807) is 0 Å². The summed E-state index contributed by atoms with van der Waals surface area (Å²) in [5.74, 6) is 0.883. The second kappa shape index (κ2) is 5.64. The molecular weight excluding hydrogens is 232 g/mol. The molecule has 2 aliphatic rings. The fourth-order valence-corrected chi connectivity index (χ4v) is 3.68. The highest BCUT2D eigenvalue weighted by Crippen LogP contribution is 2.29. The van der Waals surface area contributed by atoms with E-state index in [0.29, 0.717) is 6.04 Å². The Labute approximate surface area is 117 Å². The van der Waals surface area contributed by atoms with Crippen molar-refractivity contribution >= 4 is 0 Å². The molecule has 1 aromatic rings. The maximum absolute atomic E-state index is 3.94. The van der Waals surface area contributed by atoms with Crippen molar-refractivity contribution in [1.29, 1.82) is 0 Å².